The Balaban J connectivity index is 2.51. The Morgan fingerprint density at radius 3 is 2.95 bits per heavy atom. The number of carbonyl (C=O) groups excluding carboxylic acids is 1. The summed E-state index contributed by atoms with van der Waals surface area (Å²) in [7, 11) is 0. The summed E-state index contributed by atoms with van der Waals surface area (Å²) in [6.07, 6.45) is 1.33. The maximum atomic E-state index is 11.8. The van der Waals surface area contributed by atoms with Crippen molar-refractivity contribution in [1.29, 1.82) is 0 Å². The molecule has 0 spiro atoms. The lowest BCUT2D eigenvalue weighted by Crippen LogP contribution is -2.27. The third-order valence-corrected chi connectivity index (χ3v) is 2.90. The van der Waals surface area contributed by atoms with Gasteiger partial charge < -0.3 is 15.2 Å². The second-order valence-corrected chi connectivity index (χ2v) is 4.74. The number of hydrogen-bond donors (Lipinski definition) is 2. The van der Waals surface area contributed by atoms with Crippen LogP contribution in [0.15, 0.2) is 24.3 Å². The molecule has 0 saturated heterocycles. The first-order chi connectivity index (χ1) is 10.2. The monoisotopic (exact) mass is 289 g/mol. The fraction of sp³-hybridized carbons (Fsp3) is 0.471. The molecular weight excluding hydrogens is 266 g/mol. The van der Waals surface area contributed by atoms with Gasteiger partial charge in [0.1, 0.15) is 6.61 Å². The average Bonchev–Trinajstić information content (AvgIpc) is 2.50. The van der Waals surface area contributed by atoms with E-state index >= 15 is 0 Å². The molecule has 1 amide bonds. The minimum atomic E-state index is -0.158. The topological polar surface area (TPSA) is 58.6 Å². The number of aliphatic hydroxyl groups is 1. The minimum Gasteiger partial charge on any atom is -0.384 e. The summed E-state index contributed by atoms with van der Waals surface area (Å²) in [5.74, 6) is 5.45. The Kier molecular flexibility index (Phi) is 8.18. The molecule has 21 heavy (non-hydrogen) atoms. The number of ether oxygens (including phenoxy) is 1. The van der Waals surface area contributed by atoms with Crippen molar-refractivity contribution in [2.75, 3.05) is 19.8 Å². The van der Waals surface area contributed by atoms with Gasteiger partial charge in [0, 0.05) is 18.6 Å². The SMILES string of the molecule is CCCOCCC(=O)NC(C)c1cccc(C#CCO)c1. The van der Waals surface area contributed by atoms with Crippen LogP contribution in [-0.2, 0) is 9.53 Å². The number of hydrogen-bond acceptors (Lipinski definition) is 3. The van der Waals surface area contributed by atoms with E-state index in [9.17, 15) is 4.79 Å². The quantitative estimate of drug-likeness (QED) is 0.596. The number of aliphatic hydroxyl groups excluding tert-OH is 1. The lowest BCUT2D eigenvalue weighted by Gasteiger charge is -2.14. The third-order valence-electron chi connectivity index (χ3n) is 2.90. The van der Waals surface area contributed by atoms with Crippen LogP contribution < -0.4 is 5.32 Å². The van der Waals surface area contributed by atoms with E-state index in [-0.39, 0.29) is 18.6 Å². The molecule has 1 aromatic carbocycles. The van der Waals surface area contributed by atoms with E-state index in [0.29, 0.717) is 19.6 Å². The van der Waals surface area contributed by atoms with Crippen LogP contribution in [0.4, 0.5) is 0 Å². The zero-order valence-corrected chi connectivity index (χ0v) is 12.7. The van der Waals surface area contributed by atoms with Crippen molar-refractivity contribution in [2.24, 2.45) is 0 Å². The van der Waals surface area contributed by atoms with Gasteiger partial charge in [-0.25, -0.2) is 0 Å². The molecule has 2 N–H and O–H groups in total. The molecule has 4 heteroatoms. The summed E-state index contributed by atoms with van der Waals surface area (Å²) in [4.78, 5) is 11.8. The molecule has 0 fully saturated rings. The molecule has 0 aliphatic heterocycles. The second kappa shape index (κ2) is 9.98. The van der Waals surface area contributed by atoms with Crippen molar-refractivity contribution in [3.05, 3.63) is 35.4 Å². The number of rotatable bonds is 7. The Bertz CT molecular complexity index is 502. The molecule has 0 aromatic heterocycles. The van der Waals surface area contributed by atoms with E-state index in [4.69, 9.17) is 9.84 Å². The normalized spacial score (nSPS) is 11.4. The van der Waals surface area contributed by atoms with E-state index in [1.165, 1.54) is 0 Å². The van der Waals surface area contributed by atoms with Crippen LogP contribution in [-0.4, -0.2) is 30.8 Å². The maximum absolute atomic E-state index is 11.8. The van der Waals surface area contributed by atoms with Crippen LogP contribution in [0.2, 0.25) is 0 Å². The molecule has 0 bridgehead atoms. The smallest absolute Gasteiger partial charge is 0.222 e. The number of amides is 1. The number of benzene rings is 1. The van der Waals surface area contributed by atoms with Crippen LogP contribution in [0.1, 0.15) is 43.9 Å². The van der Waals surface area contributed by atoms with E-state index in [1.807, 2.05) is 38.1 Å². The highest BCUT2D eigenvalue weighted by molar-refractivity contribution is 5.76. The second-order valence-electron chi connectivity index (χ2n) is 4.74. The fourth-order valence-corrected chi connectivity index (χ4v) is 1.84. The lowest BCUT2D eigenvalue weighted by atomic mass is 10.1. The Labute approximate surface area is 126 Å². The first-order valence-electron chi connectivity index (χ1n) is 7.24. The van der Waals surface area contributed by atoms with Gasteiger partial charge in [0.15, 0.2) is 0 Å². The molecule has 1 unspecified atom stereocenters. The Hall–Kier alpha value is -1.83. The summed E-state index contributed by atoms with van der Waals surface area (Å²) in [5, 5.41) is 11.6. The van der Waals surface area contributed by atoms with Gasteiger partial charge in [-0.05, 0) is 31.0 Å². The highest BCUT2D eigenvalue weighted by Gasteiger charge is 2.09. The highest BCUT2D eigenvalue weighted by atomic mass is 16.5. The number of carbonyl (C=O) groups is 1. The first kappa shape index (κ1) is 17.2. The largest absolute Gasteiger partial charge is 0.384 e. The standard InChI is InChI=1S/C17H23NO3/c1-3-11-21-12-9-17(20)18-14(2)16-8-4-6-15(13-16)7-5-10-19/h4,6,8,13-14,19H,3,9-12H2,1-2H3,(H,18,20). The fourth-order valence-electron chi connectivity index (χ4n) is 1.84. The maximum Gasteiger partial charge on any atom is 0.222 e. The zero-order valence-electron chi connectivity index (χ0n) is 12.7. The van der Waals surface area contributed by atoms with E-state index in [0.717, 1.165) is 17.5 Å². The summed E-state index contributed by atoms with van der Waals surface area (Å²) < 4.78 is 5.30. The predicted molar refractivity (Wildman–Crippen MR) is 82.7 cm³/mol. The molecule has 0 saturated carbocycles. The predicted octanol–water partition coefficient (Wildman–Crippen LogP) is 2.02. The van der Waals surface area contributed by atoms with Gasteiger partial charge in [-0.3, -0.25) is 4.79 Å². The summed E-state index contributed by atoms with van der Waals surface area (Å²) in [6.45, 7) is 4.95. The average molecular weight is 289 g/mol. The van der Waals surface area contributed by atoms with E-state index in [2.05, 4.69) is 17.2 Å². The lowest BCUT2D eigenvalue weighted by molar-refractivity contribution is -0.122. The molecule has 0 aliphatic rings. The van der Waals surface area contributed by atoms with Gasteiger partial charge in [0.2, 0.25) is 5.91 Å². The van der Waals surface area contributed by atoms with E-state index in [1.54, 1.807) is 0 Å². The molecule has 0 radical (unpaired) electrons. The van der Waals surface area contributed by atoms with Crippen LogP contribution in [0.5, 0.6) is 0 Å². The zero-order chi connectivity index (χ0) is 15.5. The Morgan fingerprint density at radius 2 is 2.24 bits per heavy atom. The van der Waals surface area contributed by atoms with Gasteiger partial charge in [-0.15, -0.1) is 0 Å². The molecule has 1 rings (SSSR count). The van der Waals surface area contributed by atoms with Crippen LogP contribution in [0, 0.1) is 11.8 Å². The van der Waals surface area contributed by atoms with Gasteiger partial charge in [0.05, 0.1) is 12.6 Å². The molecular formula is C17H23NO3. The summed E-state index contributed by atoms with van der Waals surface area (Å²) in [5.41, 5.74) is 1.82. The van der Waals surface area contributed by atoms with Crippen LogP contribution >= 0.6 is 0 Å². The van der Waals surface area contributed by atoms with Crippen molar-refractivity contribution in [2.45, 2.75) is 32.7 Å². The minimum absolute atomic E-state index is 0.0227. The highest BCUT2D eigenvalue weighted by Crippen LogP contribution is 2.14. The van der Waals surface area contributed by atoms with Crippen molar-refractivity contribution >= 4 is 5.91 Å². The molecule has 1 aromatic rings. The van der Waals surface area contributed by atoms with Crippen molar-refractivity contribution in [1.82, 2.24) is 5.32 Å². The van der Waals surface area contributed by atoms with Crippen LogP contribution in [0.25, 0.3) is 0 Å². The van der Waals surface area contributed by atoms with Crippen molar-refractivity contribution in [3.63, 3.8) is 0 Å². The van der Waals surface area contributed by atoms with Crippen LogP contribution in [0.3, 0.4) is 0 Å². The van der Waals surface area contributed by atoms with Gasteiger partial charge in [-0.1, -0.05) is 30.9 Å². The molecule has 0 heterocycles. The summed E-state index contributed by atoms with van der Waals surface area (Å²) >= 11 is 0. The van der Waals surface area contributed by atoms with Crippen molar-refractivity contribution < 1.29 is 14.6 Å². The Morgan fingerprint density at radius 1 is 1.43 bits per heavy atom. The third kappa shape index (κ3) is 6.94. The molecule has 1 atom stereocenters. The van der Waals surface area contributed by atoms with Gasteiger partial charge in [0.25, 0.3) is 0 Å². The van der Waals surface area contributed by atoms with Crippen molar-refractivity contribution in [3.8, 4) is 11.8 Å². The number of nitrogens with one attached hydrogen (secondary N) is 1. The molecule has 4 nitrogen and oxygen atoms in total. The first-order valence-corrected chi connectivity index (χ1v) is 7.24. The van der Waals surface area contributed by atoms with Gasteiger partial charge in [-0.2, -0.15) is 0 Å². The van der Waals surface area contributed by atoms with Gasteiger partial charge >= 0.3 is 0 Å². The molecule has 0 aliphatic carbocycles. The van der Waals surface area contributed by atoms with E-state index < -0.39 is 0 Å². The molecule has 114 valence electrons. The summed E-state index contributed by atoms with van der Waals surface area (Å²) in [6, 6.07) is 7.55.